The van der Waals surface area contributed by atoms with Crippen molar-refractivity contribution < 1.29 is 9.90 Å². The standard InChI is InChI=1S/C14H26N2O2/c1-10-4-3-7-14(18,8-10)9-16-12(17)13(2,15)11-5-6-11/h10-11,18H,3-9,15H2,1-2H3,(H,16,17). The maximum Gasteiger partial charge on any atom is 0.240 e. The highest BCUT2D eigenvalue weighted by atomic mass is 16.3. The molecule has 0 spiro atoms. The summed E-state index contributed by atoms with van der Waals surface area (Å²) in [6, 6.07) is 0. The lowest BCUT2D eigenvalue weighted by atomic mass is 9.79. The van der Waals surface area contributed by atoms with Gasteiger partial charge in [-0.2, -0.15) is 0 Å². The summed E-state index contributed by atoms with van der Waals surface area (Å²) in [6.07, 6.45) is 5.85. The number of rotatable bonds is 4. The van der Waals surface area contributed by atoms with Gasteiger partial charge in [-0.25, -0.2) is 0 Å². The highest BCUT2D eigenvalue weighted by Gasteiger charge is 2.44. The number of amides is 1. The second kappa shape index (κ2) is 4.82. The molecule has 2 aliphatic rings. The quantitative estimate of drug-likeness (QED) is 0.705. The molecule has 0 bridgehead atoms. The molecule has 0 aromatic heterocycles. The minimum atomic E-state index is -0.767. The van der Waals surface area contributed by atoms with Crippen LogP contribution in [-0.4, -0.2) is 28.7 Å². The number of nitrogens with two attached hydrogens (primary N) is 1. The van der Waals surface area contributed by atoms with Gasteiger partial charge in [0.15, 0.2) is 0 Å². The Kier molecular flexibility index (Phi) is 3.70. The molecule has 2 rings (SSSR count). The van der Waals surface area contributed by atoms with E-state index in [4.69, 9.17) is 5.73 Å². The second-order valence-corrected chi connectivity index (χ2v) is 6.67. The van der Waals surface area contributed by atoms with E-state index in [0.717, 1.165) is 32.1 Å². The summed E-state index contributed by atoms with van der Waals surface area (Å²) in [5, 5.41) is 13.3. The van der Waals surface area contributed by atoms with Crippen LogP contribution in [0.25, 0.3) is 0 Å². The summed E-state index contributed by atoms with van der Waals surface area (Å²) in [7, 11) is 0. The lowest BCUT2D eigenvalue weighted by Gasteiger charge is -2.36. The van der Waals surface area contributed by atoms with E-state index in [-0.39, 0.29) is 5.91 Å². The van der Waals surface area contributed by atoms with Gasteiger partial charge in [0.25, 0.3) is 0 Å². The van der Waals surface area contributed by atoms with Crippen molar-refractivity contribution in [2.75, 3.05) is 6.54 Å². The van der Waals surface area contributed by atoms with E-state index < -0.39 is 11.1 Å². The molecule has 4 nitrogen and oxygen atoms in total. The van der Waals surface area contributed by atoms with Crippen LogP contribution in [-0.2, 0) is 4.79 Å². The molecule has 2 aliphatic carbocycles. The lowest BCUT2D eigenvalue weighted by Crippen LogP contribution is -2.56. The minimum Gasteiger partial charge on any atom is -0.388 e. The molecule has 0 aromatic rings. The van der Waals surface area contributed by atoms with Crippen LogP contribution in [0.4, 0.5) is 0 Å². The minimum absolute atomic E-state index is 0.114. The normalized spacial score (nSPS) is 35.9. The van der Waals surface area contributed by atoms with E-state index in [2.05, 4.69) is 12.2 Å². The number of carbonyl (C=O) groups excluding carboxylic acids is 1. The van der Waals surface area contributed by atoms with Gasteiger partial charge in [-0.1, -0.05) is 19.8 Å². The van der Waals surface area contributed by atoms with Crippen molar-refractivity contribution >= 4 is 5.91 Å². The molecule has 18 heavy (non-hydrogen) atoms. The average Bonchev–Trinajstić information content (AvgIpc) is 3.09. The third kappa shape index (κ3) is 3.04. The Morgan fingerprint density at radius 2 is 2.17 bits per heavy atom. The summed E-state index contributed by atoms with van der Waals surface area (Å²) in [5.41, 5.74) is 4.56. The van der Waals surface area contributed by atoms with Crippen LogP contribution in [0.15, 0.2) is 0 Å². The van der Waals surface area contributed by atoms with Crippen LogP contribution in [0.5, 0.6) is 0 Å². The van der Waals surface area contributed by atoms with Crippen LogP contribution in [0.1, 0.15) is 52.4 Å². The topological polar surface area (TPSA) is 75.3 Å². The SMILES string of the molecule is CC1CCCC(O)(CNC(=O)C(C)(N)C2CC2)C1. The fraction of sp³-hybridized carbons (Fsp3) is 0.929. The Morgan fingerprint density at radius 1 is 1.50 bits per heavy atom. The molecule has 1 amide bonds. The molecule has 0 saturated heterocycles. The maximum absolute atomic E-state index is 12.1. The molecular formula is C14H26N2O2. The van der Waals surface area contributed by atoms with Gasteiger partial charge in [0.05, 0.1) is 11.1 Å². The van der Waals surface area contributed by atoms with Crippen LogP contribution in [0.3, 0.4) is 0 Å². The highest BCUT2D eigenvalue weighted by molar-refractivity contribution is 5.86. The zero-order valence-corrected chi connectivity index (χ0v) is 11.5. The molecule has 0 heterocycles. The molecular weight excluding hydrogens is 228 g/mol. The number of aliphatic hydroxyl groups is 1. The Balaban J connectivity index is 1.85. The molecule has 2 fully saturated rings. The van der Waals surface area contributed by atoms with Crippen molar-refractivity contribution in [3.63, 3.8) is 0 Å². The van der Waals surface area contributed by atoms with Gasteiger partial charge in [0.2, 0.25) is 5.91 Å². The summed E-state index contributed by atoms with van der Waals surface area (Å²) in [6.45, 7) is 4.30. The Morgan fingerprint density at radius 3 is 2.72 bits per heavy atom. The third-order valence-corrected chi connectivity index (χ3v) is 4.56. The summed E-state index contributed by atoms with van der Waals surface area (Å²) < 4.78 is 0. The predicted molar refractivity (Wildman–Crippen MR) is 70.9 cm³/mol. The largest absolute Gasteiger partial charge is 0.388 e. The smallest absolute Gasteiger partial charge is 0.240 e. The first-order valence-corrected chi connectivity index (χ1v) is 7.13. The Labute approximate surface area is 109 Å². The molecule has 0 aliphatic heterocycles. The van der Waals surface area contributed by atoms with Crippen molar-refractivity contribution in [3.8, 4) is 0 Å². The first-order chi connectivity index (χ1) is 8.33. The van der Waals surface area contributed by atoms with Gasteiger partial charge in [-0.05, 0) is 44.4 Å². The van der Waals surface area contributed by atoms with Crippen LogP contribution in [0.2, 0.25) is 0 Å². The fourth-order valence-corrected chi connectivity index (χ4v) is 3.10. The van der Waals surface area contributed by atoms with Gasteiger partial charge in [0.1, 0.15) is 0 Å². The van der Waals surface area contributed by atoms with E-state index in [0.29, 0.717) is 18.4 Å². The van der Waals surface area contributed by atoms with Gasteiger partial charge in [-0.3, -0.25) is 4.79 Å². The maximum atomic E-state index is 12.1. The van der Waals surface area contributed by atoms with Gasteiger partial charge >= 0.3 is 0 Å². The van der Waals surface area contributed by atoms with Crippen molar-refractivity contribution in [3.05, 3.63) is 0 Å². The zero-order valence-electron chi connectivity index (χ0n) is 11.5. The average molecular weight is 254 g/mol. The zero-order chi connectivity index (χ0) is 13.4. The van der Waals surface area contributed by atoms with Gasteiger partial charge in [-0.15, -0.1) is 0 Å². The molecule has 4 heteroatoms. The van der Waals surface area contributed by atoms with Crippen molar-refractivity contribution in [1.29, 1.82) is 0 Å². The fourth-order valence-electron chi connectivity index (χ4n) is 3.10. The molecule has 4 N–H and O–H groups in total. The van der Waals surface area contributed by atoms with Crippen LogP contribution < -0.4 is 11.1 Å². The first kappa shape index (κ1) is 13.8. The summed E-state index contributed by atoms with van der Waals surface area (Å²) >= 11 is 0. The molecule has 0 radical (unpaired) electrons. The Bertz CT molecular complexity index is 326. The molecule has 3 atom stereocenters. The number of carbonyl (C=O) groups is 1. The van der Waals surface area contributed by atoms with E-state index in [9.17, 15) is 9.90 Å². The van der Waals surface area contributed by atoms with Crippen LogP contribution >= 0.6 is 0 Å². The predicted octanol–water partition coefficient (Wildman–Crippen LogP) is 1.17. The second-order valence-electron chi connectivity index (χ2n) is 6.67. The van der Waals surface area contributed by atoms with Gasteiger partial charge < -0.3 is 16.2 Å². The Hall–Kier alpha value is -0.610. The molecule has 0 aromatic carbocycles. The monoisotopic (exact) mass is 254 g/mol. The highest BCUT2D eigenvalue weighted by Crippen LogP contribution is 2.38. The first-order valence-electron chi connectivity index (χ1n) is 7.13. The van der Waals surface area contributed by atoms with Crippen molar-refractivity contribution in [2.45, 2.75) is 63.5 Å². The molecule has 2 saturated carbocycles. The summed E-state index contributed by atoms with van der Waals surface area (Å²) in [5.74, 6) is 0.738. The summed E-state index contributed by atoms with van der Waals surface area (Å²) in [4.78, 5) is 12.1. The van der Waals surface area contributed by atoms with Gasteiger partial charge in [0, 0.05) is 6.54 Å². The van der Waals surface area contributed by atoms with Crippen molar-refractivity contribution in [2.24, 2.45) is 17.6 Å². The van der Waals surface area contributed by atoms with E-state index in [1.807, 2.05) is 0 Å². The third-order valence-electron chi connectivity index (χ3n) is 4.56. The number of hydrogen-bond acceptors (Lipinski definition) is 3. The molecule has 3 unspecified atom stereocenters. The number of hydrogen-bond donors (Lipinski definition) is 3. The van der Waals surface area contributed by atoms with E-state index in [1.54, 1.807) is 6.92 Å². The lowest BCUT2D eigenvalue weighted by molar-refractivity contribution is -0.128. The van der Waals surface area contributed by atoms with Crippen molar-refractivity contribution in [1.82, 2.24) is 5.32 Å². The van der Waals surface area contributed by atoms with E-state index in [1.165, 1.54) is 6.42 Å². The molecule has 104 valence electrons. The van der Waals surface area contributed by atoms with Crippen LogP contribution in [0, 0.1) is 11.8 Å². The number of nitrogens with one attached hydrogen (secondary N) is 1. The van der Waals surface area contributed by atoms with E-state index >= 15 is 0 Å².